The van der Waals surface area contributed by atoms with E-state index in [1.54, 1.807) is 6.08 Å². The summed E-state index contributed by atoms with van der Waals surface area (Å²) in [6, 6.07) is 0. The summed E-state index contributed by atoms with van der Waals surface area (Å²) in [5.74, 6) is 0.287. The van der Waals surface area contributed by atoms with E-state index in [0.29, 0.717) is 0 Å². The zero-order valence-electron chi connectivity index (χ0n) is 10.7. The highest BCUT2D eigenvalue weighted by Gasteiger charge is 2.19. The van der Waals surface area contributed by atoms with Crippen molar-refractivity contribution in [2.75, 3.05) is 0 Å². The Labute approximate surface area is 94.2 Å². The van der Waals surface area contributed by atoms with Gasteiger partial charge in [0.05, 0.1) is 0 Å². The molecule has 0 heterocycles. The fraction of sp³-hybridized carbons (Fsp3) is 0.571. The molecular formula is C14H24O. The van der Waals surface area contributed by atoms with Crippen molar-refractivity contribution < 1.29 is 5.11 Å². The fourth-order valence-corrected chi connectivity index (χ4v) is 1.36. The average Bonchev–Trinajstić information content (AvgIpc) is 2.23. The third-order valence-corrected chi connectivity index (χ3v) is 2.94. The number of hydrogen-bond acceptors (Lipinski definition) is 1. The molecule has 0 saturated carbocycles. The Morgan fingerprint density at radius 3 is 2.13 bits per heavy atom. The number of hydrogen-bond donors (Lipinski definition) is 1. The summed E-state index contributed by atoms with van der Waals surface area (Å²) >= 11 is 0. The summed E-state index contributed by atoms with van der Waals surface area (Å²) < 4.78 is 0. The minimum Gasteiger partial charge on any atom is -0.508 e. The van der Waals surface area contributed by atoms with Crippen LogP contribution in [0, 0.1) is 5.41 Å². The molecule has 0 atom stereocenters. The van der Waals surface area contributed by atoms with E-state index in [1.807, 2.05) is 19.9 Å². The van der Waals surface area contributed by atoms with Crippen LogP contribution in [0.3, 0.4) is 0 Å². The molecule has 0 rings (SSSR count). The lowest BCUT2D eigenvalue weighted by molar-refractivity contribution is 0.346. The van der Waals surface area contributed by atoms with Gasteiger partial charge >= 0.3 is 0 Å². The van der Waals surface area contributed by atoms with Gasteiger partial charge in [0.2, 0.25) is 0 Å². The molecular weight excluding hydrogens is 184 g/mol. The van der Waals surface area contributed by atoms with Crippen molar-refractivity contribution in [1.29, 1.82) is 0 Å². The van der Waals surface area contributed by atoms with Gasteiger partial charge in [0.15, 0.2) is 0 Å². The zero-order valence-corrected chi connectivity index (χ0v) is 10.7. The van der Waals surface area contributed by atoms with Gasteiger partial charge in [-0.2, -0.15) is 0 Å². The van der Waals surface area contributed by atoms with Crippen molar-refractivity contribution in [3.63, 3.8) is 0 Å². The molecule has 0 unspecified atom stereocenters. The Hall–Kier alpha value is -0.980. The first-order chi connectivity index (χ1) is 6.87. The lowest BCUT2D eigenvalue weighted by Gasteiger charge is -2.25. The number of aliphatic hydroxyl groups is 1. The molecule has 0 aliphatic rings. The Morgan fingerprint density at radius 1 is 1.27 bits per heavy atom. The summed E-state index contributed by atoms with van der Waals surface area (Å²) in [5, 5.41) is 9.62. The molecule has 15 heavy (non-hydrogen) atoms. The third kappa shape index (κ3) is 4.37. The van der Waals surface area contributed by atoms with Crippen LogP contribution < -0.4 is 0 Å². The SMILES string of the molecule is C=C(/C(=C\C)CC(C)(C)CC)/C(O)=C\C. The van der Waals surface area contributed by atoms with Gasteiger partial charge in [-0.3, -0.25) is 0 Å². The predicted octanol–water partition coefficient (Wildman–Crippen LogP) is 4.78. The zero-order chi connectivity index (χ0) is 12.1. The molecule has 0 aromatic carbocycles. The molecule has 0 radical (unpaired) electrons. The molecule has 0 fully saturated rings. The van der Waals surface area contributed by atoms with E-state index in [2.05, 4.69) is 27.4 Å². The maximum atomic E-state index is 9.62. The highest BCUT2D eigenvalue weighted by Crippen LogP contribution is 2.32. The van der Waals surface area contributed by atoms with Crippen molar-refractivity contribution in [3.05, 3.63) is 35.6 Å². The van der Waals surface area contributed by atoms with Crippen LogP contribution in [0.2, 0.25) is 0 Å². The molecule has 0 aliphatic heterocycles. The second-order valence-corrected chi connectivity index (χ2v) is 4.66. The van der Waals surface area contributed by atoms with Gasteiger partial charge < -0.3 is 5.11 Å². The van der Waals surface area contributed by atoms with Crippen molar-refractivity contribution >= 4 is 0 Å². The van der Waals surface area contributed by atoms with E-state index in [9.17, 15) is 5.11 Å². The number of allylic oxidation sites excluding steroid dienone is 3. The largest absolute Gasteiger partial charge is 0.508 e. The number of aliphatic hydroxyl groups excluding tert-OH is 1. The van der Waals surface area contributed by atoms with Crippen LogP contribution >= 0.6 is 0 Å². The second kappa shape index (κ2) is 5.79. The van der Waals surface area contributed by atoms with Crippen molar-refractivity contribution in [2.45, 2.75) is 47.5 Å². The standard InChI is InChI=1S/C14H24O/c1-7-12(10-14(5,6)9-3)11(4)13(15)8-2/h7-8,15H,4,9-10H2,1-3,5-6H3/b12-7-,13-8+. The molecule has 86 valence electrons. The van der Waals surface area contributed by atoms with Crippen molar-refractivity contribution in [3.8, 4) is 0 Å². The van der Waals surface area contributed by atoms with Crippen LogP contribution in [0.15, 0.2) is 35.6 Å². The normalized spacial score (nSPS) is 14.2. The topological polar surface area (TPSA) is 20.2 Å². The van der Waals surface area contributed by atoms with E-state index >= 15 is 0 Å². The minimum absolute atomic E-state index is 0.263. The lowest BCUT2D eigenvalue weighted by atomic mass is 9.81. The molecule has 0 aliphatic carbocycles. The summed E-state index contributed by atoms with van der Waals surface area (Å²) in [5.41, 5.74) is 2.15. The van der Waals surface area contributed by atoms with E-state index in [4.69, 9.17) is 0 Å². The van der Waals surface area contributed by atoms with Crippen LogP contribution in [0.25, 0.3) is 0 Å². The van der Waals surface area contributed by atoms with Gasteiger partial charge in [0.25, 0.3) is 0 Å². The first-order valence-corrected chi connectivity index (χ1v) is 5.58. The average molecular weight is 208 g/mol. The molecule has 0 amide bonds. The predicted molar refractivity (Wildman–Crippen MR) is 68.0 cm³/mol. The first-order valence-electron chi connectivity index (χ1n) is 5.58. The Balaban J connectivity index is 4.76. The minimum atomic E-state index is 0.263. The first kappa shape index (κ1) is 14.0. The molecule has 0 aromatic rings. The maximum absolute atomic E-state index is 9.62. The van der Waals surface area contributed by atoms with Gasteiger partial charge in [0, 0.05) is 5.57 Å². The lowest BCUT2D eigenvalue weighted by Crippen LogP contribution is -2.11. The van der Waals surface area contributed by atoms with Gasteiger partial charge in [-0.15, -0.1) is 0 Å². The summed E-state index contributed by atoms with van der Waals surface area (Å²) in [4.78, 5) is 0. The summed E-state index contributed by atoms with van der Waals surface area (Å²) in [7, 11) is 0. The fourth-order valence-electron chi connectivity index (χ4n) is 1.36. The highest BCUT2D eigenvalue weighted by molar-refractivity contribution is 5.40. The second-order valence-electron chi connectivity index (χ2n) is 4.66. The maximum Gasteiger partial charge on any atom is 0.118 e. The van der Waals surface area contributed by atoms with Gasteiger partial charge in [-0.1, -0.05) is 39.8 Å². The van der Waals surface area contributed by atoms with Gasteiger partial charge in [-0.25, -0.2) is 0 Å². The van der Waals surface area contributed by atoms with E-state index in [0.717, 1.165) is 24.0 Å². The molecule has 1 N–H and O–H groups in total. The molecule has 0 aromatic heterocycles. The van der Waals surface area contributed by atoms with E-state index in [-0.39, 0.29) is 11.2 Å². The molecule has 0 bridgehead atoms. The van der Waals surface area contributed by atoms with Gasteiger partial charge in [-0.05, 0) is 37.3 Å². The molecule has 0 saturated heterocycles. The summed E-state index contributed by atoms with van der Waals surface area (Å²) in [6.45, 7) is 14.4. The Morgan fingerprint density at radius 2 is 1.80 bits per heavy atom. The summed E-state index contributed by atoms with van der Waals surface area (Å²) in [6.07, 6.45) is 5.80. The van der Waals surface area contributed by atoms with Crippen LogP contribution in [-0.4, -0.2) is 5.11 Å². The third-order valence-electron chi connectivity index (χ3n) is 2.94. The van der Waals surface area contributed by atoms with Crippen LogP contribution in [0.5, 0.6) is 0 Å². The monoisotopic (exact) mass is 208 g/mol. The van der Waals surface area contributed by atoms with E-state index in [1.165, 1.54) is 0 Å². The highest BCUT2D eigenvalue weighted by atomic mass is 16.3. The molecule has 1 nitrogen and oxygen atoms in total. The Bertz CT molecular complexity index is 280. The van der Waals surface area contributed by atoms with Crippen LogP contribution in [-0.2, 0) is 0 Å². The molecule has 0 spiro atoms. The number of rotatable bonds is 5. The molecule has 1 heteroatoms. The van der Waals surface area contributed by atoms with Crippen LogP contribution in [0.4, 0.5) is 0 Å². The smallest absolute Gasteiger partial charge is 0.118 e. The quantitative estimate of drug-likeness (QED) is 0.509. The van der Waals surface area contributed by atoms with Crippen LogP contribution in [0.1, 0.15) is 47.5 Å². The van der Waals surface area contributed by atoms with Crippen molar-refractivity contribution in [2.24, 2.45) is 5.41 Å². The van der Waals surface area contributed by atoms with Crippen molar-refractivity contribution in [1.82, 2.24) is 0 Å². The van der Waals surface area contributed by atoms with E-state index < -0.39 is 0 Å². The van der Waals surface area contributed by atoms with Gasteiger partial charge in [0.1, 0.15) is 5.76 Å². The Kier molecular flexibility index (Phi) is 5.41.